The molecule has 37 heavy (non-hydrogen) atoms. The summed E-state index contributed by atoms with van der Waals surface area (Å²) in [6.45, 7) is 6.85. The SMILES string of the molecule is Cc1cc(Nc2ncnc3ccc(NC4=N[C@H](C(C)C)CO4)cc23)ccc1Oc1cc2nncn2cn1. The molecule has 0 saturated heterocycles. The van der Waals surface area contributed by atoms with Crippen molar-refractivity contribution in [2.75, 3.05) is 17.2 Å². The number of fused-ring (bicyclic) bond motifs is 2. The second-order valence-corrected chi connectivity index (χ2v) is 9.17. The highest BCUT2D eigenvalue weighted by Gasteiger charge is 2.22. The third-order valence-corrected chi connectivity index (χ3v) is 6.14. The minimum atomic E-state index is 0.167. The average molecular weight is 496 g/mol. The van der Waals surface area contributed by atoms with Crippen molar-refractivity contribution in [2.45, 2.75) is 26.8 Å². The van der Waals surface area contributed by atoms with E-state index in [1.165, 1.54) is 0 Å². The predicted octanol–water partition coefficient (Wildman–Crippen LogP) is 4.73. The molecule has 0 bridgehead atoms. The Morgan fingerprint density at radius 2 is 1.86 bits per heavy atom. The summed E-state index contributed by atoms with van der Waals surface area (Å²) < 4.78 is 13.4. The zero-order chi connectivity index (χ0) is 25.4. The van der Waals surface area contributed by atoms with Gasteiger partial charge in [0.25, 0.3) is 6.02 Å². The molecule has 0 amide bonds. The summed E-state index contributed by atoms with van der Waals surface area (Å²) in [5.41, 5.74) is 4.14. The number of benzene rings is 2. The molecule has 0 aliphatic carbocycles. The lowest BCUT2D eigenvalue weighted by molar-refractivity contribution is 0.290. The molecule has 4 heterocycles. The number of nitrogens with one attached hydrogen (secondary N) is 2. The Morgan fingerprint density at radius 1 is 1.00 bits per heavy atom. The van der Waals surface area contributed by atoms with Crippen LogP contribution in [-0.2, 0) is 4.74 Å². The van der Waals surface area contributed by atoms with Gasteiger partial charge in [0.1, 0.15) is 37.2 Å². The zero-order valence-corrected chi connectivity index (χ0v) is 20.6. The number of anilines is 3. The van der Waals surface area contributed by atoms with Gasteiger partial charge in [0.2, 0.25) is 5.88 Å². The van der Waals surface area contributed by atoms with Crippen molar-refractivity contribution < 1.29 is 9.47 Å². The van der Waals surface area contributed by atoms with Crippen molar-refractivity contribution in [3.63, 3.8) is 0 Å². The molecule has 1 atom stereocenters. The Balaban J connectivity index is 1.22. The Kier molecular flexibility index (Phi) is 5.72. The molecular weight excluding hydrogens is 470 g/mol. The third-order valence-electron chi connectivity index (χ3n) is 6.14. The lowest BCUT2D eigenvalue weighted by Gasteiger charge is -2.13. The summed E-state index contributed by atoms with van der Waals surface area (Å²) >= 11 is 0. The molecule has 11 nitrogen and oxygen atoms in total. The van der Waals surface area contributed by atoms with Crippen molar-refractivity contribution in [1.29, 1.82) is 0 Å². The molecular formula is C26H25N9O2. The molecule has 11 heteroatoms. The summed E-state index contributed by atoms with van der Waals surface area (Å²) in [4.78, 5) is 17.8. The van der Waals surface area contributed by atoms with Crippen LogP contribution in [0.5, 0.6) is 11.6 Å². The highest BCUT2D eigenvalue weighted by molar-refractivity contribution is 5.97. The van der Waals surface area contributed by atoms with Crippen LogP contribution in [0.25, 0.3) is 16.6 Å². The van der Waals surface area contributed by atoms with E-state index in [1.54, 1.807) is 29.4 Å². The zero-order valence-electron chi connectivity index (χ0n) is 20.6. The van der Waals surface area contributed by atoms with Gasteiger partial charge in [-0.2, -0.15) is 0 Å². The summed E-state index contributed by atoms with van der Waals surface area (Å²) in [5.74, 6) is 2.25. The molecule has 2 aromatic carbocycles. The van der Waals surface area contributed by atoms with Gasteiger partial charge < -0.3 is 20.1 Å². The molecule has 0 spiro atoms. The van der Waals surface area contributed by atoms with E-state index in [2.05, 4.69) is 54.6 Å². The number of amidine groups is 1. The number of rotatable bonds is 6. The number of hydrogen-bond acceptors (Lipinski definition) is 10. The first-order chi connectivity index (χ1) is 18.0. The van der Waals surface area contributed by atoms with Crippen LogP contribution in [0.1, 0.15) is 19.4 Å². The maximum Gasteiger partial charge on any atom is 0.289 e. The smallest absolute Gasteiger partial charge is 0.289 e. The Hall–Kier alpha value is -4.80. The molecule has 6 rings (SSSR count). The summed E-state index contributed by atoms with van der Waals surface area (Å²) in [6.07, 6.45) is 4.76. The molecule has 186 valence electrons. The topological polar surface area (TPSA) is 124 Å². The van der Waals surface area contributed by atoms with Crippen molar-refractivity contribution in [1.82, 2.24) is 29.5 Å². The van der Waals surface area contributed by atoms with Gasteiger partial charge in [-0.25, -0.2) is 19.9 Å². The van der Waals surface area contributed by atoms with E-state index in [0.717, 1.165) is 27.8 Å². The lowest BCUT2D eigenvalue weighted by Crippen LogP contribution is -2.13. The van der Waals surface area contributed by atoms with Gasteiger partial charge in [-0.1, -0.05) is 13.8 Å². The third kappa shape index (κ3) is 4.70. The molecule has 5 aromatic rings. The predicted molar refractivity (Wildman–Crippen MR) is 140 cm³/mol. The largest absolute Gasteiger partial charge is 0.463 e. The van der Waals surface area contributed by atoms with E-state index in [4.69, 9.17) is 9.47 Å². The Labute approximate surface area is 212 Å². The van der Waals surface area contributed by atoms with Crippen LogP contribution in [0.3, 0.4) is 0 Å². The monoisotopic (exact) mass is 495 g/mol. The van der Waals surface area contributed by atoms with E-state index in [1.807, 2.05) is 43.3 Å². The highest BCUT2D eigenvalue weighted by atomic mass is 16.5. The number of nitrogens with zero attached hydrogens (tertiary/aromatic N) is 7. The van der Waals surface area contributed by atoms with E-state index < -0.39 is 0 Å². The van der Waals surface area contributed by atoms with Gasteiger partial charge in [0, 0.05) is 22.8 Å². The first-order valence-electron chi connectivity index (χ1n) is 11.9. The summed E-state index contributed by atoms with van der Waals surface area (Å²) in [5, 5.41) is 15.4. The van der Waals surface area contributed by atoms with Gasteiger partial charge in [-0.05, 0) is 54.8 Å². The van der Waals surface area contributed by atoms with Crippen LogP contribution >= 0.6 is 0 Å². The van der Waals surface area contributed by atoms with Gasteiger partial charge in [0.05, 0.1) is 11.6 Å². The van der Waals surface area contributed by atoms with Gasteiger partial charge >= 0.3 is 0 Å². The van der Waals surface area contributed by atoms with E-state index in [0.29, 0.717) is 41.6 Å². The number of aromatic nitrogens is 6. The number of aryl methyl sites for hydroxylation is 1. The molecule has 2 N–H and O–H groups in total. The van der Waals surface area contributed by atoms with Crippen LogP contribution < -0.4 is 15.4 Å². The first kappa shape index (κ1) is 22.7. The van der Waals surface area contributed by atoms with Gasteiger partial charge in [-0.15, -0.1) is 10.2 Å². The molecule has 0 unspecified atom stereocenters. The average Bonchev–Trinajstić information content (AvgIpc) is 3.55. The number of ether oxygens (including phenoxy) is 2. The second-order valence-electron chi connectivity index (χ2n) is 9.17. The standard InChI is InChI=1S/C26H25N9O2/c1-15(2)21-11-36-26(33-21)32-18-4-6-20-19(9-18)25(28-12-27-20)31-17-5-7-22(16(3)8-17)37-24-10-23-34-30-14-35(23)13-29-24/h4-10,12-15,21H,11H2,1-3H3,(H,32,33)(H,27,28,31)/t21-/m0/s1. The first-order valence-corrected chi connectivity index (χ1v) is 11.9. The number of aliphatic imine (C=N–C) groups is 1. The Bertz CT molecular complexity index is 1630. The maximum atomic E-state index is 5.99. The normalized spacial score (nSPS) is 15.1. The minimum Gasteiger partial charge on any atom is -0.463 e. The fourth-order valence-corrected chi connectivity index (χ4v) is 4.01. The van der Waals surface area contributed by atoms with Crippen LogP contribution in [0, 0.1) is 12.8 Å². The summed E-state index contributed by atoms with van der Waals surface area (Å²) in [6, 6.07) is 14.1. The Morgan fingerprint density at radius 3 is 2.70 bits per heavy atom. The van der Waals surface area contributed by atoms with Crippen molar-refractivity contribution >= 4 is 39.8 Å². The lowest BCUT2D eigenvalue weighted by atomic mass is 10.1. The quantitative estimate of drug-likeness (QED) is 0.344. The van der Waals surface area contributed by atoms with E-state index in [9.17, 15) is 0 Å². The molecule has 0 saturated carbocycles. The van der Waals surface area contributed by atoms with Crippen molar-refractivity contribution in [3.8, 4) is 11.6 Å². The fourth-order valence-electron chi connectivity index (χ4n) is 4.01. The van der Waals surface area contributed by atoms with Crippen LogP contribution in [0.4, 0.5) is 17.2 Å². The molecule has 1 aliphatic heterocycles. The van der Waals surface area contributed by atoms with Crippen molar-refractivity contribution in [3.05, 3.63) is 67.0 Å². The molecule has 0 radical (unpaired) electrons. The molecule has 0 fully saturated rings. The highest BCUT2D eigenvalue weighted by Crippen LogP contribution is 2.30. The summed E-state index contributed by atoms with van der Waals surface area (Å²) in [7, 11) is 0. The van der Waals surface area contributed by atoms with E-state index in [-0.39, 0.29) is 6.04 Å². The second kappa shape index (κ2) is 9.34. The van der Waals surface area contributed by atoms with Gasteiger partial charge in [-0.3, -0.25) is 4.40 Å². The van der Waals surface area contributed by atoms with Crippen LogP contribution in [-0.4, -0.2) is 48.2 Å². The van der Waals surface area contributed by atoms with Crippen molar-refractivity contribution in [2.24, 2.45) is 10.9 Å². The van der Waals surface area contributed by atoms with Crippen LogP contribution in [0.2, 0.25) is 0 Å². The van der Waals surface area contributed by atoms with Gasteiger partial charge in [0.15, 0.2) is 5.65 Å². The minimum absolute atomic E-state index is 0.167. The molecule has 3 aromatic heterocycles. The maximum absolute atomic E-state index is 5.99. The molecule has 1 aliphatic rings. The van der Waals surface area contributed by atoms with Crippen LogP contribution in [0.15, 0.2) is 66.4 Å². The number of hydrogen-bond donors (Lipinski definition) is 2. The van der Waals surface area contributed by atoms with E-state index >= 15 is 0 Å². The fraction of sp³-hybridized carbons (Fsp3) is 0.231.